The predicted molar refractivity (Wildman–Crippen MR) is 61.9 cm³/mol. The van der Waals surface area contributed by atoms with Gasteiger partial charge in [-0.3, -0.25) is 4.68 Å². The molecular formula is C10H14N4S. The molecule has 0 aromatic carbocycles. The summed E-state index contributed by atoms with van der Waals surface area (Å²) in [5, 5.41) is 5.09. The van der Waals surface area contributed by atoms with Crippen molar-refractivity contribution in [3.8, 4) is 0 Å². The van der Waals surface area contributed by atoms with Crippen molar-refractivity contribution in [2.24, 2.45) is 0 Å². The maximum Gasteiger partial charge on any atom is 0.180 e. The topological polar surface area (TPSA) is 56.7 Å². The maximum atomic E-state index is 5.57. The fraction of sp³-hybridized carbons (Fsp3) is 0.400. The van der Waals surface area contributed by atoms with Crippen LogP contribution in [0, 0.1) is 0 Å². The smallest absolute Gasteiger partial charge is 0.180 e. The molecule has 2 heterocycles. The van der Waals surface area contributed by atoms with Crippen molar-refractivity contribution in [1.29, 1.82) is 0 Å². The van der Waals surface area contributed by atoms with E-state index in [0.717, 1.165) is 17.0 Å². The Morgan fingerprint density at radius 2 is 2.33 bits per heavy atom. The van der Waals surface area contributed by atoms with Gasteiger partial charge in [0.1, 0.15) is 0 Å². The van der Waals surface area contributed by atoms with Crippen LogP contribution in [0.1, 0.15) is 30.5 Å². The lowest BCUT2D eigenvalue weighted by Crippen LogP contribution is -2.01. The van der Waals surface area contributed by atoms with Gasteiger partial charge in [0.15, 0.2) is 5.13 Å². The van der Waals surface area contributed by atoms with Crippen LogP contribution >= 0.6 is 11.3 Å². The Balaban J connectivity index is 2.11. The quantitative estimate of drug-likeness (QED) is 0.865. The van der Waals surface area contributed by atoms with Gasteiger partial charge in [0.2, 0.25) is 0 Å². The molecule has 0 aliphatic heterocycles. The molecule has 0 saturated heterocycles. The Morgan fingerprint density at radius 1 is 1.53 bits per heavy atom. The van der Waals surface area contributed by atoms with Gasteiger partial charge in [-0.05, 0) is 19.9 Å². The second kappa shape index (κ2) is 4.02. The highest BCUT2D eigenvalue weighted by Crippen LogP contribution is 2.18. The van der Waals surface area contributed by atoms with Gasteiger partial charge in [-0.1, -0.05) is 0 Å². The number of nitrogens with zero attached hydrogens (tertiary/aromatic N) is 3. The summed E-state index contributed by atoms with van der Waals surface area (Å²) in [4.78, 5) is 5.17. The van der Waals surface area contributed by atoms with Gasteiger partial charge in [-0.25, -0.2) is 4.98 Å². The zero-order valence-electron chi connectivity index (χ0n) is 8.84. The lowest BCUT2D eigenvalue weighted by atomic mass is 10.3. The molecule has 4 nitrogen and oxygen atoms in total. The minimum absolute atomic E-state index is 0.408. The molecule has 0 atom stereocenters. The average molecular weight is 222 g/mol. The number of anilines is 1. The molecule has 0 radical (unpaired) electrons. The van der Waals surface area contributed by atoms with Crippen molar-refractivity contribution in [2.45, 2.75) is 26.3 Å². The van der Waals surface area contributed by atoms with E-state index >= 15 is 0 Å². The number of thiazole rings is 1. The monoisotopic (exact) mass is 222 g/mol. The summed E-state index contributed by atoms with van der Waals surface area (Å²) in [7, 11) is 0. The fourth-order valence-corrected chi connectivity index (χ4v) is 2.04. The number of rotatable bonds is 3. The molecule has 0 amide bonds. The summed E-state index contributed by atoms with van der Waals surface area (Å²) in [6.07, 6.45) is 4.63. The van der Waals surface area contributed by atoms with Gasteiger partial charge in [0.05, 0.1) is 5.69 Å². The number of nitrogen functional groups attached to an aromatic ring is 1. The lowest BCUT2D eigenvalue weighted by molar-refractivity contribution is 0.528. The molecule has 80 valence electrons. The van der Waals surface area contributed by atoms with E-state index in [-0.39, 0.29) is 0 Å². The molecule has 0 aliphatic rings. The highest BCUT2D eigenvalue weighted by molar-refractivity contribution is 7.15. The first-order chi connectivity index (χ1) is 7.15. The van der Waals surface area contributed by atoms with Gasteiger partial charge >= 0.3 is 0 Å². The van der Waals surface area contributed by atoms with Crippen molar-refractivity contribution in [2.75, 3.05) is 5.73 Å². The Morgan fingerprint density at radius 3 is 2.87 bits per heavy atom. The molecular weight excluding hydrogens is 208 g/mol. The average Bonchev–Trinajstić information content (AvgIpc) is 2.76. The van der Waals surface area contributed by atoms with Crippen molar-refractivity contribution < 1.29 is 0 Å². The molecule has 0 bridgehead atoms. The molecule has 2 aromatic heterocycles. The minimum Gasteiger partial charge on any atom is -0.375 e. The molecule has 15 heavy (non-hydrogen) atoms. The van der Waals surface area contributed by atoms with Crippen molar-refractivity contribution >= 4 is 16.5 Å². The lowest BCUT2D eigenvalue weighted by Gasteiger charge is -2.03. The Kier molecular flexibility index (Phi) is 2.73. The highest BCUT2D eigenvalue weighted by atomic mass is 32.1. The van der Waals surface area contributed by atoms with Crippen molar-refractivity contribution in [3.05, 3.63) is 29.0 Å². The SMILES string of the molecule is CC(C)n1ccc(Cc2cnc(N)s2)n1. The van der Waals surface area contributed by atoms with E-state index in [9.17, 15) is 0 Å². The van der Waals surface area contributed by atoms with Gasteiger partial charge in [0, 0.05) is 29.7 Å². The molecule has 2 rings (SSSR count). The van der Waals surface area contributed by atoms with E-state index in [1.54, 1.807) is 0 Å². The number of aromatic nitrogens is 3. The number of hydrogen-bond acceptors (Lipinski definition) is 4. The van der Waals surface area contributed by atoms with Crippen LogP contribution in [0.3, 0.4) is 0 Å². The molecule has 0 unspecified atom stereocenters. The van der Waals surface area contributed by atoms with Crippen LogP contribution in [-0.2, 0) is 6.42 Å². The van der Waals surface area contributed by atoms with E-state index in [0.29, 0.717) is 11.2 Å². The molecule has 2 aromatic rings. The van der Waals surface area contributed by atoms with Crippen LogP contribution in [0.2, 0.25) is 0 Å². The number of nitrogens with two attached hydrogens (primary N) is 1. The summed E-state index contributed by atoms with van der Waals surface area (Å²) in [6, 6.07) is 2.45. The highest BCUT2D eigenvalue weighted by Gasteiger charge is 2.05. The standard InChI is InChI=1S/C10H14N4S/c1-7(2)14-4-3-8(13-14)5-9-6-12-10(11)15-9/h3-4,6-7H,5H2,1-2H3,(H2,11,12). The fourth-order valence-electron chi connectivity index (χ4n) is 1.34. The molecule has 0 fully saturated rings. The van der Waals surface area contributed by atoms with Gasteiger partial charge in [-0.15, -0.1) is 11.3 Å². The van der Waals surface area contributed by atoms with E-state index < -0.39 is 0 Å². The summed E-state index contributed by atoms with van der Waals surface area (Å²) < 4.78 is 1.96. The first-order valence-corrected chi connectivity index (χ1v) is 5.71. The summed E-state index contributed by atoms with van der Waals surface area (Å²) in [5.41, 5.74) is 6.63. The van der Waals surface area contributed by atoms with Crippen LogP contribution in [0.15, 0.2) is 18.5 Å². The summed E-state index contributed by atoms with van der Waals surface area (Å²) >= 11 is 1.52. The third-order valence-electron chi connectivity index (χ3n) is 2.12. The van der Waals surface area contributed by atoms with Crippen LogP contribution in [0.5, 0.6) is 0 Å². The molecule has 2 N–H and O–H groups in total. The van der Waals surface area contributed by atoms with Crippen LogP contribution in [-0.4, -0.2) is 14.8 Å². The van der Waals surface area contributed by atoms with Gasteiger partial charge in [-0.2, -0.15) is 5.10 Å². The van der Waals surface area contributed by atoms with Crippen LogP contribution in [0.25, 0.3) is 0 Å². The first kappa shape index (κ1) is 10.2. The van der Waals surface area contributed by atoms with Crippen LogP contribution in [0.4, 0.5) is 5.13 Å². The van der Waals surface area contributed by atoms with E-state index in [1.807, 2.05) is 23.1 Å². The van der Waals surface area contributed by atoms with E-state index in [4.69, 9.17) is 5.73 Å². The summed E-state index contributed by atoms with van der Waals surface area (Å²) in [6.45, 7) is 4.23. The third-order valence-corrected chi connectivity index (χ3v) is 2.95. The Hall–Kier alpha value is -1.36. The molecule has 5 heteroatoms. The second-order valence-corrected chi connectivity index (χ2v) is 4.87. The van der Waals surface area contributed by atoms with E-state index in [1.165, 1.54) is 11.3 Å². The van der Waals surface area contributed by atoms with Crippen molar-refractivity contribution in [3.63, 3.8) is 0 Å². The van der Waals surface area contributed by atoms with Crippen LogP contribution < -0.4 is 5.73 Å². The third kappa shape index (κ3) is 2.36. The van der Waals surface area contributed by atoms with Gasteiger partial charge in [0.25, 0.3) is 0 Å². The largest absolute Gasteiger partial charge is 0.375 e. The molecule has 0 spiro atoms. The number of hydrogen-bond donors (Lipinski definition) is 1. The maximum absolute atomic E-state index is 5.57. The predicted octanol–water partition coefficient (Wildman–Crippen LogP) is 2.09. The molecule has 0 saturated carbocycles. The zero-order chi connectivity index (χ0) is 10.8. The zero-order valence-corrected chi connectivity index (χ0v) is 9.66. The van der Waals surface area contributed by atoms with Crippen molar-refractivity contribution in [1.82, 2.24) is 14.8 Å². The molecule has 0 aliphatic carbocycles. The first-order valence-electron chi connectivity index (χ1n) is 4.89. The Bertz CT molecular complexity index is 444. The second-order valence-electron chi connectivity index (χ2n) is 3.72. The summed E-state index contributed by atoms with van der Waals surface area (Å²) in [5.74, 6) is 0. The minimum atomic E-state index is 0.408. The van der Waals surface area contributed by atoms with Gasteiger partial charge < -0.3 is 5.73 Å². The Labute approximate surface area is 92.8 Å². The normalized spacial score (nSPS) is 11.1. The van der Waals surface area contributed by atoms with E-state index in [2.05, 4.69) is 23.9 Å².